The molecule has 83 heavy (non-hydrogen) atoms. The van der Waals surface area contributed by atoms with Gasteiger partial charge in [-0.15, -0.1) is 0 Å². The number of fused-ring (bicyclic) bond motifs is 2. The zero-order valence-corrected chi connectivity index (χ0v) is 53.2. The van der Waals surface area contributed by atoms with Crippen molar-refractivity contribution in [2.45, 2.75) is 179 Å². The fourth-order valence-electron chi connectivity index (χ4n) is 11.3. The topological polar surface area (TPSA) is 272 Å². The third-order valence-corrected chi connectivity index (χ3v) is 19.2. The molecule has 1 aliphatic carbocycles. The highest BCUT2D eigenvalue weighted by Gasteiger charge is 2.44. The van der Waals surface area contributed by atoms with E-state index in [1.54, 1.807) is 0 Å². The summed E-state index contributed by atoms with van der Waals surface area (Å²) in [5.41, 5.74) is 4.50. The molecular weight excluding hydrogens is 1140 g/mol. The number of benzene rings is 2. The molecule has 3 N–H and O–H groups in total. The van der Waals surface area contributed by atoms with Gasteiger partial charge in [0.15, 0.2) is 5.71 Å². The molecule has 0 bridgehead atoms. The zero-order chi connectivity index (χ0) is 61.4. The number of anilines is 1. The molecule has 1 aromatic heterocycles. The van der Waals surface area contributed by atoms with Crippen LogP contribution in [0.2, 0.25) is 0 Å². The molecule has 18 nitrogen and oxygen atoms in total. The molecule has 0 saturated heterocycles. The lowest BCUT2D eigenvalue weighted by atomic mass is 9.80. The summed E-state index contributed by atoms with van der Waals surface area (Å²) in [7, 11) is -18.4. The number of aliphatic hydroxyl groups excluding tert-OH is 1. The van der Waals surface area contributed by atoms with Crippen LogP contribution in [0.25, 0.3) is 5.57 Å². The van der Waals surface area contributed by atoms with Gasteiger partial charge in [0.05, 0.1) is 71.6 Å². The minimum absolute atomic E-state index is 0.0362. The fourth-order valence-corrected chi connectivity index (χ4v) is 13.3. The summed E-state index contributed by atoms with van der Waals surface area (Å²) < 4.78 is 147. The lowest BCUT2D eigenvalue weighted by Gasteiger charge is -2.39. The van der Waals surface area contributed by atoms with E-state index < -0.39 is 72.6 Å². The van der Waals surface area contributed by atoms with E-state index in [0.29, 0.717) is 72.1 Å². The van der Waals surface area contributed by atoms with Gasteiger partial charge in [-0.2, -0.15) is 16.8 Å². The molecular formula is C61H90N4O14S4. The van der Waals surface area contributed by atoms with Gasteiger partial charge in [0.25, 0.3) is 20.2 Å². The number of nitrogens with zero attached hydrogens (tertiary/aromatic N) is 4. The third-order valence-electron chi connectivity index (χ3n) is 16.0. The second-order valence-corrected chi connectivity index (χ2v) is 29.1. The van der Waals surface area contributed by atoms with Gasteiger partial charge in [-0.25, -0.2) is 21.4 Å². The highest BCUT2D eigenvalue weighted by Crippen LogP contribution is 2.49. The van der Waals surface area contributed by atoms with Crippen LogP contribution in [0.5, 0.6) is 5.75 Å². The second kappa shape index (κ2) is 30.1. The van der Waals surface area contributed by atoms with Crippen molar-refractivity contribution in [1.29, 1.82) is 0 Å². The Morgan fingerprint density at radius 2 is 1.28 bits per heavy atom. The minimum Gasteiger partial charge on any atom is -0.744 e. The summed E-state index contributed by atoms with van der Waals surface area (Å²) in [6.07, 6.45) is 23.0. The Morgan fingerprint density at radius 3 is 1.84 bits per heavy atom. The van der Waals surface area contributed by atoms with Crippen LogP contribution in [0.4, 0.5) is 11.5 Å². The van der Waals surface area contributed by atoms with E-state index in [1.807, 2.05) is 81.2 Å². The quantitative estimate of drug-likeness (QED) is 0.0234. The van der Waals surface area contributed by atoms with E-state index in [-0.39, 0.29) is 32.5 Å². The SMILES string of the molecule is CC1(C)C(=CC=C2CCCC(C=CC3=Nc4c(cc(S(=O)(=O)[O-])c[n+]4CCCS(=O)(=O)O)C3(C)C)=C2c2cccc(OCCCCO)c2)N(CCCS(=O)(=O)O)c2ccc(S(=O)(=O)[O-])cc21.CCCC[N+](CCCC)(CCCC)CCCC. The maximum Gasteiger partial charge on any atom is 0.327 e. The van der Waals surface area contributed by atoms with E-state index in [9.17, 15) is 57.0 Å². The summed E-state index contributed by atoms with van der Waals surface area (Å²) >= 11 is 0. The van der Waals surface area contributed by atoms with Crippen molar-refractivity contribution in [3.8, 4) is 5.75 Å². The van der Waals surface area contributed by atoms with Crippen molar-refractivity contribution in [1.82, 2.24) is 0 Å². The van der Waals surface area contributed by atoms with Gasteiger partial charge in [0, 0.05) is 36.4 Å². The first kappa shape index (κ1) is 69.2. The van der Waals surface area contributed by atoms with Crippen molar-refractivity contribution in [2.75, 3.05) is 62.3 Å². The fraction of sp³-hybridized carbons (Fsp3) is 0.574. The Labute approximate surface area is 495 Å². The minimum atomic E-state index is -4.93. The van der Waals surface area contributed by atoms with E-state index in [4.69, 9.17) is 9.73 Å². The molecule has 0 spiro atoms. The molecule has 3 aromatic rings. The molecule has 0 saturated carbocycles. The number of hydrogen-bond acceptors (Lipinski definition) is 14. The van der Waals surface area contributed by atoms with Gasteiger partial charge in [-0.05, 0) is 159 Å². The van der Waals surface area contributed by atoms with E-state index in [1.165, 1.54) is 111 Å². The standard InChI is InChI=1S/C45H55N3O14S4.C16H36N/c1-44(2)38-29-36(66(59,60)61)30-47(21-9-25-63(50,51)52)43(38)46-40(44)19-15-31-11-7-12-32(42(31)33-13-8-14-34(27-33)62-24-6-5-23-49)16-20-41-45(3,4)37-28-35(65(56,57)58)17-18-39(37)48(41)22-10-26-64(53,54)55;1-5-9-13-17(14-10-6-2,15-11-7-3)16-12-8-4/h8,13-20,27-30,49H,5-7,9-12,21-26H2,1-4H3,(H3-,50,51,52,53,54,55,56,57,58,59,60,61);5-16H2,1-4H3/q;+1/p-1. The summed E-state index contributed by atoms with van der Waals surface area (Å²) in [5, 5.41) is 9.29. The average Bonchev–Trinajstić information content (AvgIpc) is 2.29. The van der Waals surface area contributed by atoms with E-state index in [0.717, 1.165) is 34.9 Å². The number of allylic oxidation sites excluding steroid dienone is 8. The summed E-state index contributed by atoms with van der Waals surface area (Å²) in [6, 6.07) is 12.9. The molecule has 3 heterocycles. The van der Waals surface area contributed by atoms with Crippen LogP contribution >= 0.6 is 0 Å². The van der Waals surface area contributed by atoms with Crippen LogP contribution in [0.3, 0.4) is 0 Å². The smallest absolute Gasteiger partial charge is 0.327 e. The molecule has 0 fully saturated rings. The summed E-state index contributed by atoms with van der Waals surface area (Å²) in [4.78, 5) is 5.83. The van der Waals surface area contributed by atoms with Crippen molar-refractivity contribution in [3.05, 3.63) is 113 Å². The predicted octanol–water partition coefficient (Wildman–Crippen LogP) is 10.7. The predicted molar refractivity (Wildman–Crippen MR) is 325 cm³/mol. The number of aromatic nitrogens is 1. The first-order valence-electron chi connectivity index (χ1n) is 29.4. The Morgan fingerprint density at radius 1 is 0.687 bits per heavy atom. The van der Waals surface area contributed by atoms with Crippen molar-refractivity contribution in [2.24, 2.45) is 4.99 Å². The van der Waals surface area contributed by atoms with Crippen molar-refractivity contribution >= 4 is 63.3 Å². The van der Waals surface area contributed by atoms with Crippen LogP contribution in [0, 0.1) is 0 Å². The first-order chi connectivity index (χ1) is 38.9. The maximum absolute atomic E-state index is 12.3. The number of ether oxygens (including phenoxy) is 1. The number of aliphatic imine (C=N–C) groups is 1. The highest BCUT2D eigenvalue weighted by molar-refractivity contribution is 7.86. The second-order valence-electron chi connectivity index (χ2n) is 23.2. The van der Waals surface area contributed by atoms with Gasteiger partial charge >= 0.3 is 5.82 Å². The Bertz CT molecular complexity index is 3310. The molecule has 0 amide bonds. The largest absolute Gasteiger partial charge is 0.744 e. The normalized spacial score (nSPS) is 17.3. The third kappa shape index (κ3) is 19.4. The van der Waals surface area contributed by atoms with E-state index >= 15 is 0 Å². The van der Waals surface area contributed by atoms with Gasteiger partial charge in [0.1, 0.15) is 32.2 Å². The number of rotatable bonds is 31. The Kier molecular flexibility index (Phi) is 25.1. The molecule has 6 rings (SSSR count). The average molecular weight is 1230 g/mol. The van der Waals surface area contributed by atoms with Crippen molar-refractivity contribution in [3.63, 3.8) is 0 Å². The lowest BCUT2D eigenvalue weighted by Crippen LogP contribution is -2.50. The maximum atomic E-state index is 12.3. The van der Waals surface area contributed by atoms with Gasteiger partial charge < -0.3 is 28.3 Å². The first-order valence-corrected chi connectivity index (χ1v) is 35.4. The molecule has 462 valence electrons. The number of unbranched alkanes of at least 4 members (excludes halogenated alkanes) is 5. The van der Waals surface area contributed by atoms with Crippen molar-refractivity contribution < 1.29 is 70.8 Å². The summed E-state index contributed by atoms with van der Waals surface area (Å²) in [6.45, 7) is 22.9. The molecule has 2 aromatic carbocycles. The Hall–Kier alpha value is -4.62. The molecule has 2 aliphatic heterocycles. The molecule has 0 atom stereocenters. The zero-order valence-electron chi connectivity index (χ0n) is 49.9. The molecule has 0 unspecified atom stereocenters. The molecule has 22 heteroatoms. The number of quaternary nitrogens is 1. The number of hydrogen-bond donors (Lipinski definition) is 3. The van der Waals surface area contributed by atoms with Gasteiger partial charge in [-0.3, -0.25) is 9.11 Å². The van der Waals surface area contributed by atoms with E-state index in [2.05, 4.69) is 27.7 Å². The number of aliphatic hydroxyl groups is 1. The van der Waals surface area contributed by atoms with Crippen LogP contribution in [-0.2, 0) is 57.8 Å². The molecule has 0 radical (unpaired) electrons. The lowest BCUT2D eigenvalue weighted by molar-refractivity contribution is -0.929. The number of aryl methyl sites for hydroxylation is 1. The highest BCUT2D eigenvalue weighted by atomic mass is 32.2. The van der Waals surface area contributed by atoms with Crippen LogP contribution in [0.1, 0.15) is 168 Å². The van der Waals surface area contributed by atoms with Gasteiger partial charge in [-0.1, -0.05) is 91.5 Å². The van der Waals surface area contributed by atoms with Crippen LogP contribution < -0.4 is 14.2 Å². The van der Waals surface area contributed by atoms with Crippen LogP contribution in [-0.4, -0.2) is 125 Å². The monoisotopic (exact) mass is 1230 g/mol. The summed E-state index contributed by atoms with van der Waals surface area (Å²) in [5.74, 6) is -0.169. The Balaban J connectivity index is 0.000000641. The van der Waals surface area contributed by atoms with Crippen LogP contribution in [0.15, 0.2) is 111 Å². The molecule has 3 aliphatic rings. The van der Waals surface area contributed by atoms with Gasteiger partial charge in [0.2, 0.25) is 0 Å². The number of pyridine rings is 1.